The highest BCUT2D eigenvalue weighted by atomic mass is 35.5. The van der Waals surface area contributed by atoms with E-state index in [1.807, 2.05) is 18.2 Å². The zero-order chi connectivity index (χ0) is 13.1. The Morgan fingerprint density at radius 2 is 2.00 bits per heavy atom. The number of nitrogens with one attached hydrogen (secondary N) is 1. The average Bonchev–Trinajstić information content (AvgIpc) is 2.70. The van der Waals surface area contributed by atoms with E-state index in [9.17, 15) is 0 Å². The number of halogens is 1. The van der Waals surface area contributed by atoms with Gasteiger partial charge in [-0.1, -0.05) is 38.5 Å². The standard InChI is InChI=1S/C15H20ClNO/c1-4-10(2)11(3)17-9-13-12-7-5-6-8-14(12)18-15(13)16/h5-8,10-11,17H,4,9H2,1-3H3. The molecule has 0 aliphatic carbocycles. The molecule has 0 spiro atoms. The van der Waals surface area contributed by atoms with E-state index < -0.39 is 0 Å². The van der Waals surface area contributed by atoms with E-state index in [1.54, 1.807) is 0 Å². The molecule has 2 aromatic rings. The van der Waals surface area contributed by atoms with Gasteiger partial charge in [-0.15, -0.1) is 0 Å². The van der Waals surface area contributed by atoms with Crippen LogP contribution in [0.25, 0.3) is 11.0 Å². The molecule has 0 fully saturated rings. The van der Waals surface area contributed by atoms with Gasteiger partial charge in [-0.05, 0) is 30.5 Å². The van der Waals surface area contributed by atoms with Crippen molar-refractivity contribution in [3.05, 3.63) is 35.0 Å². The Balaban J connectivity index is 2.14. The van der Waals surface area contributed by atoms with Gasteiger partial charge in [-0.2, -0.15) is 0 Å². The smallest absolute Gasteiger partial charge is 0.199 e. The number of hydrogen-bond acceptors (Lipinski definition) is 2. The van der Waals surface area contributed by atoms with E-state index in [2.05, 4.69) is 32.2 Å². The van der Waals surface area contributed by atoms with Crippen molar-refractivity contribution in [2.75, 3.05) is 0 Å². The lowest BCUT2D eigenvalue weighted by atomic mass is 10.0. The molecule has 1 aromatic carbocycles. The normalized spacial score (nSPS) is 14.9. The van der Waals surface area contributed by atoms with Gasteiger partial charge < -0.3 is 9.73 Å². The molecular weight excluding hydrogens is 246 g/mol. The lowest BCUT2D eigenvalue weighted by molar-refractivity contribution is 0.389. The maximum atomic E-state index is 6.16. The van der Waals surface area contributed by atoms with Gasteiger partial charge >= 0.3 is 0 Å². The van der Waals surface area contributed by atoms with Gasteiger partial charge in [0.2, 0.25) is 0 Å². The first-order valence-corrected chi connectivity index (χ1v) is 6.90. The highest BCUT2D eigenvalue weighted by molar-refractivity contribution is 6.30. The lowest BCUT2D eigenvalue weighted by Crippen LogP contribution is -2.31. The van der Waals surface area contributed by atoms with Crippen LogP contribution in [0.15, 0.2) is 28.7 Å². The van der Waals surface area contributed by atoms with Crippen LogP contribution in [-0.4, -0.2) is 6.04 Å². The SMILES string of the molecule is CCC(C)C(C)NCc1c(Cl)oc2ccccc12. The Bertz CT molecular complexity index is 520. The van der Waals surface area contributed by atoms with Crippen molar-refractivity contribution in [1.82, 2.24) is 5.32 Å². The summed E-state index contributed by atoms with van der Waals surface area (Å²) >= 11 is 6.16. The second-order valence-electron chi connectivity index (χ2n) is 4.91. The Labute approximate surface area is 113 Å². The average molecular weight is 266 g/mol. The maximum absolute atomic E-state index is 6.16. The summed E-state index contributed by atoms with van der Waals surface area (Å²) in [6, 6.07) is 8.44. The molecular formula is C15H20ClNO. The summed E-state index contributed by atoms with van der Waals surface area (Å²) in [6.07, 6.45) is 1.17. The van der Waals surface area contributed by atoms with Crippen molar-refractivity contribution in [2.24, 2.45) is 5.92 Å². The van der Waals surface area contributed by atoms with E-state index in [-0.39, 0.29) is 0 Å². The van der Waals surface area contributed by atoms with Crippen molar-refractivity contribution in [3.63, 3.8) is 0 Å². The van der Waals surface area contributed by atoms with Gasteiger partial charge in [-0.3, -0.25) is 0 Å². The molecule has 2 unspecified atom stereocenters. The summed E-state index contributed by atoms with van der Waals surface area (Å²) in [5.74, 6) is 0.655. The fraction of sp³-hybridized carbons (Fsp3) is 0.467. The summed E-state index contributed by atoms with van der Waals surface area (Å²) < 4.78 is 5.54. The topological polar surface area (TPSA) is 25.2 Å². The molecule has 1 N–H and O–H groups in total. The largest absolute Gasteiger partial charge is 0.444 e. The quantitative estimate of drug-likeness (QED) is 0.854. The molecule has 2 rings (SSSR count). The second kappa shape index (κ2) is 5.77. The minimum absolute atomic E-state index is 0.472. The summed E-state index contributed by atoms with van der Waals surface area (Å²) in [4.78, 5) is 0. The number of furan rings is 1. The number of para-hydroxylation sites is 1. The Morgan fingerprint density at radius 3 is 2.72 bits per heavy atom. The van der Waals surface area contributed by atoms with E-state index in [1.165, 1.54) is 6.42 Å². The first-order valence-electron chi connectivity index (χ1n) is 6.52. The van der Waals surface area contributed by atoms with Gasteiger partial charge in [0.25, 0.3) is 0 Å². The monoisotopic (exact) mass is 265 g/mol. The Hall–Kier alpha value is -0.990. The van der Waals surface area contributed by atoms with Crippen molar-refractivity contribution in [1.29, 1.82) is 0 Å². The van der Waals surface area contributed by atoms with Crippen LogP contribution in [0.1, 0.15) is 32.8 Å². The molecule has 1 heterocycles. The van der Waals surface area contributed by atoms with Crippen molar-refractivity contribution >= 4 is 22.6 Å². The highest BCUT2D eigenvalue weighted by Gasteiger charge is 2.14. The molecule has 0 aliphatic rings. The second-order valence-corrected chi connectivity index (χ2v) is 5.25. The zero-order valence-electron chi connectivity index (χ0n) is 11.2. The summed E-state index contributed by atoms with van der Waals surface area (Å²) in [5.41, 5.74) is 1.91. The molecule has 0 aliphatic heterocycles. The molecule has 0 bridgehead atoms. The van der Waals surface area contributed by atoms with E-state index in [4.69, 9.17) is 16.0 Å². The van der Waals surface area contributed by atoms with Crippen LogP contribution in [0.3, 0.4) is 0 Å². The molecule has 98 valence electrons. The molecule has 18 heavy (non-hydrogen) atoms. The van der Waals surface area contributed by atoms with Crippen LogP contribution in [-0.2, 0) is 6.54 Å². The summed E-state index contributed by atoms with van der Waals surface area (Å²) in [5, 5.41) is 5.13. The third-order valence-corrected chi connectivity index (χ3v) is 4.05. The van der Waals surface area contributed by atoms with Crippen molar-refractivity contribution < 1.29 is 4.42 Å². The molecule has 0 amide bonds. The van der Waals surface area contributed by atoms with Crippen LogP contribution >= 0.6 is 11.6 Å². The first kappa shape index (κ1) is 13.4. The maximum Gasteiger partial charge on any atom is 0.199 e. The van der Waals surface area contributed by atoms with Crippen LogP contribution < -0.4 is 5.32 Å². The molecule has 1 aromatic heterocycles. The van der Waals surface area contributed by atoms with E-state index in [0.29, 0.717) is 17.2 Å². The minimum atomic E-state index is 0.472. The molecule has 0 saturated carbocycles. The van der Waals surface area contributed by atoms with Gasteiger partial charge in [-0.25, -0.2) is 0 Å². The highest BCUT2D eigenvalue weighted by Crippen LogP contribution is 2.29. The molecule has 0 saturated heterocycles. The number of rotatable bonds is 5. The van der Waals surface area contributed by atoms with Crippen LogP contribution in [0.2, 0.25) is 5.22 Å². The first-order chi connectivity index (χ1) is 8.63. The van der Waals surface area contributed by atoms with Gasteiger partial charge in [0.15, 0.2) is 5.22 Å². The zero-order valence-corrected chi connectivity index (χ0v) is 11.9. The lowest BCUT2D eigenvalue weighted by Gasteiger charge is -2.19. The Morgan fingerprint density at radius 1 is 1.28 bits per heavy atom. The van der Waals surface area contributed by atoms with Crippen molar-refractivity contribution in [2.45, 2.75) is 39.8 Å². The third kappa shape index (κ3) is 2.70. The van der Waals surface area contributed by atoms with E-state index in [0.717, 1.165) is 23.1 Å². The summed E-state index contributed by atoms with van der Waals surface area (Å²) in [6.45, 7) is 7.43. The molecule has 2 nitrogen and oxygen atoms in total. The van der Waals surface area contributed by atoms with Gasteiger partial charge in [0.1, 0.15) is 5.58 Å². The summed E-state index contributed by atoms with van der Waals surface area (Å²) in [7, 11) is 0. The number of hydrogen-bond donors (Lipinski definition) is 1. The number of fused-ring (bicyclic) bond motifs is 1. The predicted molar refractivity (Wildman–Crippen MR) is 77.0 cm³/mol. The minimum Gasteiger partial charge on any atom is -0.444 e. The van der Waals surface area contributed by atoms with Crippen LogP contribution in [0.4, 0.5) is 0 Å². The molecule has 3 heteroatoms. The van der Waals surface area contributed by atoms with Crippen molar-refractivity contribution in [3.8, 4) is 0 Å². The van der Waals surface area contributed by atoms with Crippen LogP contribution in [0, 0.1) is 5.92 Å². The predicted octanol–water partition coefficient (Wildman–Crippen LogP) is 4.61. The van der Waals surface area contributed by atoms with E-state index >= 15 is 0 Å². The molecule has 0 radical (unpaired) electrons. The Kier molecular flexibility index (Phi) is 4.31. The number of benzene rings is 1. The third-order valence-electron chi connectivity index (χ3n) is 3.75. The molecule has 2 atom stereocenters. The fourth-order valence-electron chi connectivity index (χ4n) is 2.05. The van der Waals surface area contributed by atoms with Crippen LogP contribution in [0.5, 0.6) is 0 Å². The van der Waals surface area contributed by atoms with Gasteiger partial charge in [0.05, 0.1) is 0 Å². The fourth-order valence-corrected chi connectivity index (χ4v) is 2.30. The van der Waals surface area contributed by atoms with Gasteiger partial charge in [0, 0.05) is 23.5 Å².